The molecule has 30 heavy (non-hydrogen) atoms. The lowest BCUT2D eigenvalue weighted by Gasteiger charge is -2.34. The summed E-state index contributed by atoms with van der Waals surface area (Å²) >= 11 is 0. The molecule has 1 aliphatic heterocycles. The van der Waals surface area contributed by atoms with E-state index in [1.54, 1.807) is 10.9 Å². The van der Waals surface area contributed by atoms with E-state index in [0.29, 0.717) is 18.3 Å². The molecule has 0 unspecified atom stereocenters. The van der Waals surface area contributed by atoms with Crippen molar-refractivity contribution in [3.63, 3.8) is 0 Å². The quantitative estimate of drug-likeness (QED) is 0.649. The summed E-state index contributed by atoms with van der Waals surface area (Å²) in [5.74, 6) is 1.76. The van der Waals surface area contributed by atoms with E-state index >= 15 is 0 Å². The molecule has 158 valence electrons. The Bertz CT molecular complexity index is 975. The van der Waals surface area contributed by atoms with Crippen LogP contribution in [-0.4, -0.2) is 45.6 Å². The molecule has 3 aromatic heterocycles. The number of carbonyl (C=O) groups excluding carboxylic acids is 1. The highest BCUT2D eigenvalue weighted by Gasteiger charge is 2.22. The predicted molar refractivity (Wildman–Crippen MR) is 114 cm³/mol. The monoisotopic (exact) mass is 409 g/mol. The molecule has 9 heteroatoms. The fourth-order valence-corrected chi connectivity index (χ4v) is 3.86. The first-order valence-electron chi connectivity index (χ1n) is 10.4. The summed E-state index contributed by atoms with van der Waals surface area (Å²) in [4.78, 5) is 18.7. The number of urea groups is 1. The maximum atomic E-state index is 11.6. The normalized spacial score (nSPS) is 14.7. The number of nitrogens with zero attached hydrogens (tertiary/aromatic N) is 5. The molecule has 1 saturated heterocycles. The van der Waals surface area contributed by atoms with Gasteiger partial charge in [0.15, 0.2) is 5.82 Å². The van der Waals surface area contributed by atoms with E-state index in [2.05, 4.69) is 31.9 Å². The minimum atomic E-state index is -0.281. The minimum Gasteiger partial charge on any atom is -0.370 e. The summed E-state index contributed by atoms with van der Waals surface area (Å²) in [7, 11) is 0. The lowest BCUT2D eigenvalue weighted by Crippen LogP contribution is -2.35. The average Bonchev–Trinajstić information content (AvgIpc) is 3.41. The topological polar surface area (TPSA) is 101 Å². The molecule has 0 bridgehead atoms. The van der Waals surface area contributed by atoms with Crippen LogP contribution in [0.15, 0.2) is 41.2 Å². The maximum Gasteiger partial charge on any atom is 0.321 e. The van der Waals surface area contributed by atoms with E-state index < -0.39 is 0 Å². The fraction of sp³-hybridized carbons (Fsp3) is 0.429. The van der Waals surface area contributed by atoms with Crippen LogP contribution in [0, 0.1) is 12.8 Å². The summed E-state index contributed by atoms with van der Waals surface area (Å²) < 4.78 is 7.00. The highest BCUT2D eigenvalue weighted by molar-refractivity contribution is 5.87. The molecule has 0 aliphatic carbocycles. The number of nitrogens with one attached hydrogen (secondary N) is 2. The molecule has 0 saturated carbocycles. The van der Waals surface area contributed by atoms with Crippen molar-refractivity contribution in [1.29, 1.82) is 0 Å². The number of aryl methyl sites for hydroxylation is 1. The van der Waals surface area contributed by atoms with Crippen LogP contribution in [0.2, 0.25) is 0 Å². The van der Waals surface area contributed by atoms with Gasteiger partial charge in [-0.15, -0.1) is 0 Å². The van der Waals surface area contributed by atoms with E-state index in [9.17, 15) is 4.79 Å². The van der Waals surface area contributed by atoms with Crippen LogP contribution in [0.1, 0.15) is 31.2 Å². The molecule has 3 aromatic rings. The summed E-state index contributed by atoms with van der Waals surface area (Å²) in [5.41, 5.74) is 3.07. The van der Waals surface area contributed by atoms with Crippen LogP contribution in [0.4, 0.5) is 16.4 Å². The van der Waals surface area contributed by atoms with Crippen molar-refractivity contribution in [1.82, 2.24) is 25.2 Å². The van der Waals surface area contributed by atoms with E-state index in [1.807, 2.05) is 38.2 Å². The Labute approximate surface area is 175 Å². The van der Waals surface area contributed by atoms with Gasteiger partial charge >= 0.3 is 6.03 Å². The van der Waals surface area contributed by atoms with Crippen LogP contribution in [-0.2, 0) is 6.42 Å². The molecule has 0 aromatic carbocycles. The molecule has 0 atom stereocenters. The van der Waals surface area contributed by atoms with Crippen molar-refractivity contribution >= 4 is 17.6 Å². The Morgan fingerprint density at radius 2 is 2.13 bits per heavy atom. The number of hydrogen-bond donors (Lipinski definition) is 2. The lowest BCUT2D eigenvalue weighted by atomic mass is 9.92. The van der Waals surface area contributed by atoms with Crippen molar-refractivity contribution in [3.05, 3.63) is 48.0 Å². The number of carbonyl (C=O) groups is 1. The largest absolute Gasteiger partial charge is 0.370 e. The number of pyridine rings is 1. The number of anilines is 2. The first-order chi connectivity index (χ1) is 14.6. The van der Waals surface area contributed by atoms with Gasteiger partial charge in [-0.25, -0.2) is 14.5 Å². The van der Waals surface area contributed by atoms with E-state index in [1.165, 1.54) is 5.69 Å². The Balaban J connectivity index is 1.31. The highest BCUT2D eigenvalue weighted by atomic mass is 16.5. The highest BCUT2D eigenvalue weighted by Crippen LogP contribution is 2.28. The van der Waals surface area contributed by atoms with E-state index in [4.69, 9.17) is 9.51 Å². The zero-order valence-corrected chi connectivity index (χ0v) is 17.3. The van der Waals surface area contributed by atoms with Gasteiger partial charge in [-0.05, 0) is 57.2 Å². The van der Waals surface area contributed by atoms with Crippen LogP contribution >= 0.6 is 0 Å². The number of aromatic nitrogens is 4. The molecule has 4 rings (SSSR count). The fourth-order valence-electron chi connectivity index (χ4n) is 3.86. The summed E-state index contributed by atoms with van der Waals surface area (Å²) in [6.07, 6.45) is 6.65. The van der Waals surface area contributed by atoms with Gasteiger partial charge in [-0.1, -0.05) is 5.16 Å². The molecular formula is C21H27N7O2. The molecule has 2 amide bonds. The molecule has 0 radical (unpaired) electrons. The molecule has 2 N–H and O–H groups in total. The minimum absolute atomic E-state index is 0.281. The van der Waals surface area contributed by atoms with Crippen molar-refractivity contribution in [2.24, 2.45) is 5.92 Å². The number of rotatable bonds is 6. The van der Waals surface area contributed by atoms with Gasteiger partial charge in [0.1, 0.15) is 0 Å². The third-order valence-electron chi connectivity index (χ3n) is 5.37. The van der Waals surface area contributed by atoms with Crippen LogP contribution in [0.25, 0.3) is 5.82 Å². The standard InChI is InChI=1S/C21H27N7O2/c1-3-22-21(29)25-20-14-17(26-30-20)13-16-7-11-27(12-8-16)18-5-6-19(24-15(18)2)28-10-4-9-23-28/h4-6,9-10,14,16H,3,7-8,11-13H2,1-2H3,(H2,22,25,29). The van der Waals surface area contributed by atoms with Gasteiger partial charge in [-0.3, -0.25) is 5.32 Å². The van der Waals surface area contributed by atoms with Gasteiger partial charge in [0, 0.05) is 38.1 Å². The van der Waals surface area contributed by atoms with Gasteiger partial charge in [-0.2, -0.15) is 5.10 Å². The van der Waals surface area contributed by atoms with E-state index in [-0.39, 0.29) is 6.03 Å². The smallest absolute Gasteiger partial charge is 0.321 e. The molecular weight excluding hydrogens is 382 g/mol. The first-order valence-corrected chi connectivity index (χ1v) is 10.4. The van der Waals surface area contributed by atoms with Crippen LogP contribution in [0.5, 0.6) is 0 Å². The zero-order valence-electron chi connectivity index (χ0n) is 17.3. The summed E-state index contributed by atoms with van der Waals surface area (Å²) in [5, 5.41) is 13.7. The van der Waals surface area contributed by atoms with Gasteiger partial charge < -0.3 is 14.7 Å². The van der Waals surface area contributed by atoms with Crippen molar-refractivity contribution in [2.75, 3.05) is 29.9 Å². The predicted octanol–water partition coefficient (Wildman–Crippen LogP) is 3.16. The van der Waals surface area contributed by atoms with Crippen LogP contribution in [0.3, 0.4) is 0 Å². The lowest BCUT2D eigenvalue weighted by molar-refractivity contribution is 0.251. The summed E-state index contributed by atoms with van der Waals surface area (Å²) in [6, 6.07) is 7.57. The second-order valence-corrected chi connectivity index (χ2v) is 7.53. The Morgan fingerprint density at radius 1 is 1.30 bits per heavy atom. The molecule has 1 fully saturated rings. The van der Waals surface area contributed by atoms with E-state index in [0.717, 1.165) is 49.6 Å². The number of amides is 2. The SMILES string of the molecule is CCNC(=O)Nc1cc(CC2CCN(c3ccc(-n4cccn4)nc3C)CC2)no1. The van der Waals surface area contributed by atoms with Crippen molar-refractivity contribution in [2.45, 2.75) is 33.1 Å². The van der Waals surface area contributed by atoms with Gasteiger partial charge in [0.05, 0.1) is 17.1 Å². The molecule has 4 heterocycles. The Hall–Kier alpha value is -3.36. The number of piperidine rings is 1. The second kappa shape index (κ2) is 8.98. The second-order valence-electron chi connectivity index (χ2n) is 7.53. The zero-order chi connectivity index (χ0) is 20.9. The average molecular weight is 409 g/mol. The third kappa shape index (κ3) is 4.61. The Kier molecular flexibility index (Phi) is 5.97. The molecule has 9 nitrogen and oxygen atoms in total. The first kappa shape index (κ1) is 19.9. The maximum absolute atomic E-state index is 11.6. The third-order valence-corrected chi connectivity index (χ3v) is 5.37. The van der Waals surface area contributed by atoms with Gasteiger partial charge in [0.25, 0.3) is 0 Å². The number of hydrogen-bond acceptors (Lipinski definition) is 6. The van der Waals surface area contributed by atoms with Crippen molar-refractivity contribution < 1.29 is 9.32 Å². The van der Waals surface area contributed by atoms with Crippen molar-refractivity contribution in [3.8, 4) is 5.82 Å². The van der Waals surface area contributed by atoms with Crippen LogP contribution < -0.4 is 15.5 Å². The van der Waals surface area contributed by atoms with Gasteiger partial charge in [0.2, 0.25) is 5.88 Å². The molecule has 0 spiro atoms. The Morgan fingerprint density at radius 3 is 2.83 bits per heavy atom. The summed E-state index contributed by atoms with van der Waals surface area (Å²) in [6.45, 7) is 6.44. The molecule has 1 aliphatic rings.